The summed E-state index contributed by atoms with van der Waals surface area (Å²) in [6.07, 6.45) is 2.79. The summed E-state index contributed by atoms with van der Waals surface area (Å²) in [5.41, 5.74) is 1.26. The van der Waals surface area contributed by atoms with Gasteiger partial charge in [0.2, 0.25) is 0 Å². The summed E-state index contributed by atoms with van der Waals surface area (Å²) in [6, 6.07) is 0. The highest BCUT2D eigenvalue weighted by Gasteiger charge is 2.22. The predicted molar refractivity (Wildman–Crippen MR) is 84.6 cm³/mol. The Bertz CT molecular complexity index is 424. The summed E-state index contributed by atoms with van der Waals surface area (Å²) in [5, 5.41) is 3.44. The second kappa shape index (κ2) is 6.88. The van der Waals surface area contributed by atoms with Crippen molar-refractivity contribution in [3.63, 3.8) is 0 Å². The fraction of sp³-hybridized carbons (Fsp3) is 0.733. The quantitative estimate of drug-likeness (QED) is 0.893. The van der Waals surface area contributed by atoms with E-state index in [0.29, 0.717) is 5.92 Å². The fourth-order valence-electron chi connectivity index (χ4n) is 2.57. The van der Waals surface area contributed by atoms with Crippen LogP contribution in [0.2, 0.25) is 0 Å². The van der Waals surface area contributed by atoms with E-state index in [1.54, 1.807) is 6.33 Å². The third-order valence-corrected chi connectivity index (χ3v) is 3.79. The van der Waals surface area contributed by atoms with Crippen molar-refractivity contribution in [3.05, 3.63) is 11.9 Å². The monoisotopic (exact) mass is 277 g/mol. The van der Waals surface area contributed by atoms with Gasteiger partial charge in [-0.2, -0.15) is 0 Å². The summed E-state index contributed by atoms with van der Waals surface area (Å²) < 4.78 is 0. The average molecular weight is 277 g/mol. The number of aromatic nitrogens is 2. The van der Waals surface area contributed by atoms with E-state index in [2.05, 4.69) is 52.9 Å². The van der Waals surface area contributed by atoms with Gasteiger partial charge in [0.25, 0.3) is 0 Å². The van der Waals surface area contributed by atoms with Gasteiger partial charge in [-0.05, 0) is 19.4 Å². The van der Waals surface area contributed by atoms with Gasteiger partial charge in [-0.25, -0.2) is 9.97 Å². The van der Waals surface area contributed by atoms with E-state index in [-0.39, 0.29) is 0 Å². The van der Waals surface area contributed by atoms with E-state index in [0.717, 1.165) is 50.8 Å². The first kappa shape index (κ1) is 15.0. The van der Waals surface area contributed by atoms with Gasteiger partial charge in [-0.3, -0.25) is 0 Å². The van der Waals surface area contributed by atoms with Crippen molar-refractivity contribution < 1.29 is 0 Å². The smallest absolute Gasteiger partial charge is 0.137 e. The molecule has 0 atom stereocenters. The van der Waals surface area contributed by atoms with Gasteiger partial charge in [0, 0.05) is 38.3 Å². The summed E-state index contributed by atoms with van der Waals surface area (Å²) in [4.78, 5) is 13.8. The molecule has 2 rings (SSSR count). The van der Waals surface area contributed by atoms with Crippen LogP contribution in [0, 0.1) is 0 Å². The summed E-state index contributed by atoms with van der Waals surface area (Å²) >= 11 is 0. The lowest BCUT2D eigenvalue weighted by Crippen LogP contribution is -2.45. The summed E-state index contributed by atoms with van der Waals surface area (Å²) in [6.45, 7) is 11.8. The lowest BCUT2D eigenvalue weighted by molar-refractivity contribution is 0.311. The Morgan fingerprint density at radius 1 is 1.20 bits per heavy atom. The summed E-state index contributed by atoms with van der Waals surface area (Å²) in [5.74, 6) is 2.54. The molecule has 5 heteroatoms. The van der Waals surface area contributed by atoms with E-state index in [4.69, 9.17) is 0 Å². The zero-order valence-electron chi connectivity index (χ0n) is 13.2. The van der Waals surface area contributed by atoms with Crippen LogP contribution in [0.4, 0.5) is 11.6 Å². The molecule has 5 nitrogen and oxygen atoms in total. The van der Waals surface area contributed by atoms with E-state index in [1.807, 2.05) is 0 Å². The maximum absolute atomic E-state index is 4.57. The van der Waals surface area contributed by atoms with Crippen molar-refractivity contribution in [2.45, 2.75) is 33.1 Å². The third-order valence-electron chi connectivity index (χ3n) is 3.79. The third kappa shape index (κ3) is 3.39. The Labute approximate surface area is 122 Å². The predicted octanol–water partition coefficient (Wildman–Crippen LogP) is 2.17. The molecule has 1 aromatic rings. The number of nitrogens with one attached hydrogen (secondary N) is 1. The molecule has 1 aliphatic rings. The highest BCUT2D eigenvalue weighted by molar-refractivity contribution is 5.60. The number of anilines is 2. The molecule has 112 valence electrons. The van der Waals surface area contributed by atoms with Crippen LogP contribution in [0.1, 0.15) is 38.7 Å². The Kier molecular flexibility index (Phi) is 5.17. The molecule has 1 N–H and O–H groups in total. The molecule has 1 aliphatic heterocycles. The largest absolute Gasteiger partial charge is 0.370 e. The second-order valence-corrected chi connectivity index (χ2v) is 5.83. The Morgan fingerprint density at radius 3 is 2.50 bits per heavy atom. The second-order valence-electron chi connectivity index (χ2n) is 5.83. The average Bonchev–Trinajstić information content (AvgIpc) is 2.45. The van der Waals surface area contributed by atoms with Crippen LogP contribution in [0.5, 0.6) is 0 Å². The molecule has 0 aliphatic carbocycles. The van der Waals surface area contributed by atoms with Gasteiger partial charge < -0.3 is 15.1 Å². The number of likely N-dealkylation sites (N-methyl/N-ethyl adjacent to an activating group) is 1. The van der Waals surface area contributed by atoms with Crippen molar-refractivity contribution in [2.75, 3.05) is 50.0 Å². The molecule has 0 bridgehead atoms. The zero-order valence-corrected chi connectivity index (χ0v) is 13.2. The van der Waals surface area contributed by atoms with Crippen molar-refractivity contribution in [3.8, 4) is 0 Å². The van der Waals surface area contributed by atoms with E-state index < -0.39 is 0 Å². The van der Waals surface area contributed by atoms with Crippen LogP contribution < -0.4 is 10.2 Å². The van der Waals surface area contributed by atoms with E-state index in [9.17, 15) is 0 Å². The van der Waals surface area contributed by atoms with Crippen molar-refractivity contribution in [1.29, 1.82) is 0 Å². The topological polar surface area (TPSA) is 44.3 Å². The minimum atomic E-state index is 0.421. The minimum absolute atomic E-state index is 0.421. The number of piperazine rings is 1. The Balaban J connectivity index is 2.27. The molecule has 1 saturated heterocycles. The van der Waals surface area contributed by atoms with Crippen LogP contribution in [0.3, 0.4) is 0 Å². The van der Waals surface area contributed by atoms with Crippen LogP contribution in [-0.4, -0.2) is 54.6 Å². The molecule has 1 fully saturated rings. The molecule has 2 heterocycles. The lowest BCUT2D eigenvalue weighted by atomic mass is 10.0. The zero-order chi connectivity index (χ0) is 14.5. The van der Waals surface area contributed by atoms with Gasteiger partial charge in [-0.15, -0.1) is 0 Å². The number of hydrogen-bond acceptors (Lipinski definition) is 5. The van der Waals surface area contributed by atoms with Crippen molar-refractivity contribution in [2.24, 2.45) is 0 Å². The number of rotatable bonds is 5. The molecule has 0 unspecified atom stereocenters. The maximum Gasteiger partial charge on any atom is 0.137 e. The van der Waals surface area contributed by atoms with Gasteiger partial charge >= 0.3 is 0 Å². The molecule has 0 aromatic carbocycles. The first-order chi connectivity index (χ1) is 9.63. The van der Waals surface area contributed by atoms with Crippen LogP contribution >= 0.6 is 0 Å². The van der Waals surface area contributed by atoms with E-state index in [1.165, 1.54) is 5.56 Å². The molecular formula is C15H27N5. The van der Waals surface area contributed by atoms with Gasteiger partial charge in [-0.1, -0.05) is 20.8 Å². The Hall–Kier alpha value is -1.36. The normalized spacial score (nSPS) is 16.8. The number of hydrogen-bond donors (Lipinski definition) is 1. The van der Waals surface area contributed by atoms with Gasteiger partial charge in [0.05, 0.1) is 0 Å². The summed E-state index contributed by atoms with van der Waals surface area (Å²) in [7, 11) is 2.18. The lowest BCUT2D eigenvalue weighted by Gasteiger charge is -2.35. The standard InChI is InChI=1S/C15H27N5/c1-5-6-16-14-13(12(2)3)15(18-11-17-14)20-9-7-19(4)8-10-20/h11-12H,5-10H2,1-4H3,(H,16,17,18). The SMILES string of the molecule is CCCNc1ncnc(N2CCN(C)CC2)c1C(C)C. The molecule has 1 aromatic heterocycles. The molecule has 0 amide bonds. The first-order valence-corrected chi connectivity index (χ1v) is 7.65. The van der Waals surface area contributed by atoms with Crippen molar-refractivity contribution >= 4 is 11.6 Å². The first-order valence-electron chi connectivity index (χ1n) is 7.65. The van der Waals surface area contributed by atoms with Crippen LogP contribution in [0.15, 0.2) is 6.33 Å². The van der Waals surface area contributed by atoms with Crippen LogP contribution in [0.25, 0.3) is 0 Å². The van der Waals surface area contributed by atoms with Gasteiger partial charge in [0.1, 0.15) is 18.0 Å². The molecule has 0 radical (unpaired) electrons. The van der Waals surface area contributed by atoms with Gasteiger partial charge in [0.15, 0.2) is 0 Å². The molecular weight excluding hydrogens is 250 g/mol. The fourth-order valence-corrected chi connectivity index (χ4v) is 2.57. The van der Waals surface area contributed by atoms with E-state index >= 15 is 0 Å². The van der Waals surface area contributed by atoms with Crippen molar-refractivity contribution in [1.82, 2.24) is 14.9 Å². The van der Waals surface area contributed by atoms with Crippen LogP contribution in [-0.2, 0) is 0 Å². The number of nitrogens with zero attached hydrogens (tertiary/aromatic N) is 4. The highest BCUT2D eigenvalue weighted by Crippen LogP contribution is 2.31. The molecule has 0 spiro atoms. The molecule has 0 saturated carbocycles. The minimum Gasteiger partial charge on any atom is -0.370 e. The molecule has 20 heavy (non-hydrogen) atoms. The highest BCUT2D eigenvalue weighted by atomic mass is 15.3. The Morgan fingerprint density at radius 2 is 1.90 bits per heavy atom. The maximum atomic E-state index is 4.57.